The molecule has 0 aliphatic carbocycles. The van der Waals surface area contributed by atoms with Gasteiger partial charge in [0, 0.05) is 29.8 Å². The standard InChI is InChI=1S/C11H17BrN2O/c1-3-13-8-11(2,15)5-9-4-10(12)7-14-6-9/h4,6-7,13,15H,3,5,8H2,1-2H3. The van der Waals surface area contributed by atoms with Crippen molar-refractivity contribution in [1.82, 2.24) is 10.3 Å². The van der Waals surface area contributed by atoms with Gasteiger partial charge in [-0.2, -0.15) is 0 Å². The van der Waals surface area contributed by atoms with Gasteiger partial charge in [-0.1, -0.05) is 6.92 Å². The van der Waals surface area contributed by atoms with Crippen LogP contribution in [0.4, 0.5) is 0 Å². The minimum Gasteiger partial charge on any atom is -0.389 e. The van der Waals surface area contributed by atoms with Crippen LogP contribution in [0.1, 0.15) is 19.4 Å². The van der Waals surface area contributed by atoms with E-state index in [1.807, 2.05) is 19.9 Å². The number of hydrogen-bond donors (Lipinski definition) is 2. The molecule has 2 N–H and O–H groups in total. The van der Waals surface area contributed by atoms with Gasteiger partial charge in [-0.25, -0.2) is 0 Å². The van der Waals surface area contributed by atoms with Crippen molar-refractivity contribution in [2.24, 2.45) is 0 Å². The highest BCUT2D eigenvalue weighted by molar-refractivity contribution is 9.10. The third-order valence-electron chi connectivity index (χ3n) is 2.10. The molecule has 0 spiro atoms. The number of pyridine rings is 1. The van der Waals surface area contributed by atoms with Crippen LogP contribution in [0.5, 0.6) is 0 Å². The Kier molecular flexibility index (Phi) is 4.70. The third kappa shape index (κ3) is 4.73. The monoisotopic (exact) mass is 272 g/mol. The summed E-state index contributed by atoms with van der Waals surface area (Å²) in [5.74, 6) is 0. The van der Waals surface area contributed by atoms with E-state index in [2.05, 4.69) is 26.2 Å². The van der Waals surface area contributed by atoms with Gasteiger partial charge in [0.05, 0.1) is 5.60 Å². The molecule has 0 saturated carbocycles. The molecular weight excluding hydrogens is 256 g/mol. The largest absolute Gasteiger partial charge is 0.389 e. The second-order valence-corrected chi connectivity index (χ2v) is 4.88. The molecule has 0 aliphatic rings. The topological polar surface area (TPSA) is 45.1 Å². The van der Waals surface area contributed by atoms with Crippen molar-refractivity contribution in [1.29, 1.82) is 0 Å². The maximum atomic E-state index is 10.1. The van der Waals surface area contributed by atoms with E-state index in [0.717, 1.165) is 16.6 Å². The zero-order chi connectivity index (χ0) is 11.3. The van der Waals surface area contributed by atoms with Crippen molar-refractivity contribution in [2.75, 3.05) is 13.1 Å². The first-order chi connectivity index (χ1) is 7.03. The number of hydrogen-bond acceptors (Lipinski definition) is 3. The van der Waals surface area contributed by atoms with Crippen LogP contribution in [0.2, 0.25) is 0 Å². The van der Waals surface area contributed by atoms with E-state index in [4.69, 9.17) is 0 Å². The van der Waals surface area contributed by atoms with Crippen molar-refractivity contribution in [3.63, 3.8) is 0 Å². The maximum Gasteiger partial charge on any atom is 0.0784 e. The molecule has 1 aromatic heterocycles. The zero-order valence-corrected chi connectivity index (χ0v) is 10.7. The zero-order valence-electron chi connectivity index (χ0n) is 9.13. The van der Waals surface area contributed by atoms with Gasteiger partial charge in [-0.3, -0.25) is 4.98 Å². The van der Waals surface area contributed by atoms with Gasteiger partial charge in [0.15, 0.2) is 0 Å². The maximum absolute atomic E-state index is 10.1. The van der Waals surface area contributed by atoms with Crippen LogP contribution in [0, 0.1) is 0 Å². The summed E-state index contributed by atoms with van der Waals surface area (Å²) in [7, 11) is 0. The quantitative estimate of drug-likeness (QED) is 0.859. The van der Waals surface area contributed by atoms with Gasteiger partial charge in [-0.05, 0) is 41.0 Å². The molecule has 0 aliphatic heterocycles. The van der Waals surface area contributed by atoms with E-state index in [1.54, 1.807) is 12.4 Å². The highest BCUT2D eigenvalue weighted by Gasteiger charge is 2.20. The Morgan fingerprint density at radius 3 is 2.87 bits per heavy atom. The van der Waals surface area contributed by atoms with Crippen molar-refractivity contribution in [3.05, 3.63) is 28.5 Å². The minimum atomic E-state index is -0.724. The SMILES string of the molecule is CCNCC(C)(O)Cc1cncc(Br)c1. The van der Waals surface area contributed by atoms with E-state index in [-0.39, 0.29) is 0 Å². The Bertz CT molecular complexity index is 315. The summed E-state index contributed by atoms with van der Waals surface area (Å²) in [6.45, 7) is 5.32. The molecule has 4 heteroatoms. The molecule has 84 valence electrons. The van der Waals surface area contributed by atoms with E-state index < -0.39 is 5.60 Å². The lowest BCUT2D eigenvalue weighted by Crippen LogP contribution is -2.39. The van der Waals surface area contributed by atoms with Crippen molar-refractivity contribution in [3.8, 4) is 0 Å². The van der Waals surface area contributed by atoms with Gasteiger partial charge < -0.3 is 10.4 Å². The van der Waals surface area contributed by atoms with Gasteiger partial charge in [0.2, 0.25) is 0 Å². The smallest absolute Gasteiger partial charge is 0.0784 e. The van der Waals surface area contributed by atoms with Crippen molar-refractivity contribution >= 4 is 15.9 Å². The summed E-state index contributed by atoms with van der Waals surface area (Å²) >= 11 is 3.36. The molecule has 0 fully saturated rings. The lowest BCUT2D eigenvalue weighted by atomic mass is 9.98. The van der Waals surface area contributed by atoms with Crippen LogP contribution in [-0.4, -0.2) is 28.8 Å². The highest BCUT2D eigenvalue weighted by Crippen LogP contribution is 2.15. The Balaban J connectivity index is 2.60. The Morgan fingerprint density at radius 2 is 2.27 bits per heavy atom. The molecule has 1 rings (SSSR count). The molecule has 3 nitrogen and oxygen atoms in total. The van der Waals surface area contributed by atoms with E-state index >= 15 is 0 Å². The first kappa shape index (κ1) is 12.6. The molecule has 1 heterocycles. The number of rotatable bonds is 5. The Labute approximate surface area is 99.1 Å². The molecule has 1 aromatic rings. The van der Waals surface area contributed by atoms with E-state index in [1.165, 1.54) is 0 Å². The molecule has 15 heavy (non-hydrogen) atoms. The molecule has 0 bridgehead atoms. The average Bonchev–Trinajstić information content (AvgIpc) is 2.14. The Hall–Kier alpha value is -0.450. The fourth-order valence-corrected chi connectivity index (χ4v) is 1.86. The second-order valence-electron chi connectivity index (χ2n) is 3.97. The van der Waals surface area contributed by atoms with Crippen molar-refractivity contribution in [2.45, 2.75) is 25.9 Å². The van der Waals surface area contributed by atoms with Crippen LogP contribution in [0.3, 0.4) is 0 Å². The lowest BCUT2D eigenvalue weighted by molar-refractivity contribution is 0.0606. The summed E-state index contributed by atoms with van der Waals surface area (Å²) in [5.41, 5.74) is 0.311. The summed E-state index contributed by atoms with van der Waals surface area (Å²) in [6.07, 6.45) is 4.13. The van der Waals surface area contributed by atoms with Gasteiger partial charge in [0.1, 0.15) is 0 Å². The number of nitrogens with one attached hydrogen (secondary N) is 1. The number of likely N-dealkylation sites (N-methyl/N-ethyl adjacent to an activating group) is 1. The Morgan fingerprint density at radius 1 is 1.53 bits per heavy atom. The number of nitrogens with zero attached hydrogens (tertiary/aromatic N) is 1. The molecule has 0 radical (unpaired) electrons. The number of halogens is 1. The second kappa shape index (κ2) is 5.58. The normalized spacial score (nSPS) is 14.9. The predicted molar refractivity (Wildman–Crippen MR) is 64.8 cm³/mol. The fourth-order valence-electron chi connectivity index (χ4n) is 1.45. The number of aromatic nitrogens is 1. The first-order valence-corrected chi connectivity index (χ1v) is 5.85. The molecule has 1 atom stereocenters. The van der Waals surface area contributed by atoms with Crippen LogP contribution in [-0.2, 0) is 6.42 Å². The summed E-state index contributed by atoms with van der Waals surface area (Å²) < 4.78 is 0.944. The molecular formula is C11H17BrN2O. The average molecular weight is 273 g/mol. The predicted octanol–water partition coefficient (Wildman–Crippen LogP) is 1.75. The van der Waals surface area contributed by atoms with Crippen LogP contribution in [0.15, 0.2) is 22.9 Å². The summed E-state index contributed by atoms with van der Waals surface area (Å²) in [4.78, 5) is 4.07. The van der Waals surface area contributed by atoms with E-state index in [0.29, 0.717) is 13.0 Å². The van der Waals surface area contributed by atoms with E-state index in [9.17, 15) is 5.11 Å². The molecule has 0 saturated heterocycles. The van der Waals surface area contributed by atoms with Crippen LogP contribution in [0.25, 0.3) is 0 Å². The van der Waals surface area contributed by atoms with Gasteiger partial charge in [0.25, 0.3) is 0 Å². The minimum absolute atomic E-state index is 0.593. The van der Waals surface area contributed by atoms with Gasteiger partial charge in [-0.15, -0.1) is 0 Å². The molecule has 0 amide bonds. The van der Waals surface area contributed by atoms with Crippen molar-refractivity contribution < 1.29 is 5.11 Å². The summed E-state index contributed by atoms with van der Waals surface area (Å²) in [6, 6.07) is 1.98. The molecule has 0 aromatic carbocycles. The highest BCUT2D eigenvalue weighted by atomic mass is 79.9. The summed E-state index contributed by atoms with van der Waals surface area (Å²) in [5, 5.41) is 13.2. The number of aliphatic hydroxyl groups is 1. The lowest BCUT2D eigenvalue weighted by Gasteiger charge is -2.23. The molecule has 1 unspecified atom stereocenters. The van der Waals surface area contributed by atoms with Crippen LogP contribution >= 0.6 is 15.9 Å². The first-order valence-electron chi connectivity index (χ1n) is 5.06. The third-order valence-corrected chi connectivity index (χ3v) is 2.54. The van der Waals surface area contributed by atoms with Gasteiger partial charge >= 0.3 is 0 Å². The fraction of sp³-hybridized carbons (Fsp3) is 0.545. The van der Waals surface area contributed by atoms with Crippen LogP contribution < -0.4 is 5.32 Å².